The smallest absolute Gasteiger partial charge is 0.131 e. The van der Waals surface area contributed by atoms with Gasteiger partial charge < -0.3 is 14.8 Å². The Hall–Kier alpha value is -0.580. The predicted octanol–water partition coefficient (Wildman–Crippen LogP) is 3.68. The standard InChI is InChI=1S/C15H22BrNO2/c1-4-17-13-9-15(3,10-18-5-2)19-14-7-6-11(16)8-12(13)14/h6-8,13,17H,4-5,9-10H2,1-3H3. The Labute approximate surface area is 123 Å². The molecule has 2 rings (SSSR count). The van der Waals surface area contributed by atoms with Crippen LogP contribution in [0.3, 0.4) is 0 Å². The molecule has 2 atom stereocenters. The highest BCUT2D eigenvalue weighted by atomic mass is 79.9. The maximum absolute atomic E-state index is 6.17. The molecule has 0 saturated carbocycles. The summed E-state index contributed by atoms with van der Waals surface area (Å²) >= 11 is 3.53. The van der Waals surface area contributed by atoms with Crippen LogP contribution in [0, 0.1) is 0 Å². The van der Waals surface area contributed by atoms with Crippen LogP contribution in [0.5, 0.6) is 5.75 Å². The minimum atomic E-state index is -0.260. The summed E-state index contributed by atoms with van der Waals surface area (Å²) in [6, 6.07) is 6.52. The zero-order valence-electron chi connectivity index (χ0n) is 11.8. The number of fused-ring (bicyclic) bond motifs is 1. The first-order chi connectivity index (χ1) is 9.08. The van der Waals surface area contributed by atoms with Crippen LogP contribution < -0.4 is 10.1 Å². The fraction of sp³-hybridized carbons (Fsp3) is 0.600. The highest BCUT2D eigenvalue weighted by Crippen LogP contribution is 2.40. The average Bonchev–Trinajstić information content (AvgIpc) is 2.38. The molecular weight excluding hydrogens is 306 g/mol. The molecule has 0 spiro atoms. The maximum Gasteiger partial charge on any atom is 0.131 e. The summed E-state index contributed by atoms with van der Waals surface area (Å²) in [5.74, 6) is 0.961. The Kier molecular flexibility index (Phi) is 4.87. The zero-order valence-corrected chi connectivity index (χ0v) is 13.4. The van der Waals surface area contributed by atoms with E-state index in [4.69, 9.17) is 9.47 Å². The molecule has 1 aromatic rings. The van der Waals surface area contributed by atoms with Gasteiger partial charge >= 0.3 is 0 Å². The lowest BCUT2D eigenvalue weighted by atomic mass is 9.89. The number of hydrogen-bond acceptors (Lipinski definition) is 3. The van der Waals surface area contributed by atoms with Crippen molar-refractivity contribution in [1.29, 1.82) is 0 Å². The van der Waals surface area contributed by atoms with E-state index in [0.29, 0.717) is 12.6 Å². The third-order valence-electron chi connectivity index (χ3n) is 3.40. The molecule has 1 N–H and O–H groups in total. The second-order valence-corrected chi connectivity index (χ2v) is 6.10. The third kappa shape index (κ3) is 3.50. The molecule has 0 amide bonds. The summed E-state index contributed by atoms with van der Waals surface area (Å²) in [7, 11) is 0. The monoisotopic (exact) mass is 327 g/mol. The molecule has 1 aromatic carbocycles. The van der Waals surface area contributed by atoms with Crippen molar-refractivity contribution in [3.05, 3.63) is 28.2 Å². The van der Waals surface area contributed by atoms with E-state index in [1.54, 1.807) is 0 Å². The second-order valence-electron chi connectivity index (χ2n) is 5.19. The molecule has 0 saturated heterocycles. The van der Waals surface area contributed by atoms with Crippen molar-refractivity contribution in [2.45, 2.75) is 38.8 Å². The van der Waals surface area contributed by atoms with Crippen molar-refractivity contribution in [2.75, 3.05) is 19.8 Å². The van der Waals surface area contributed by atoms with Gasteiger partial charge in [0.25, 0.3) is 0 Å². The molecular formula is C15H22BrNO2. The van der Waals surface area contributed by atoms with E-state index in [9.17, 15) is 0 Å². The summed E-state index contributed by atoms with van der Waals surface area (Å²) in [5.41, 5.74) is 0.967. The SMILES string of the molecule is CCNC1CC(C)(COCC)Oc2ccc(Br)cc21. The normalized spacial score (nSPS) is 25.8. The van der Waals surface area contributed by atoms with Crippen molar-refractivity contribution in [3.63, 3.8) is 0 Å². The first kappa shape index (κ1) is 14.8. The van der Waals surface area contributed by atoms with E-state index in [2.05, 4.69) is 41.2 Å². The lowest BCUT2D eigenvalue weighted by Crippen LogP contribution is -2.45. The van der Waals surface area contributed by atoms with Crippen LogP contribution in [-0.4, -0.2) is 25.4 Å². The average molecular weight is 328 g/mol. The molecule has 0 bridgehead atoms. The second kappa shape index (κ2) is 6.25. The molecule has 2 unspecified atom stereocenters. The molecule has 4 heteroatoms. The summed E-state index contributed by atoms with van der Waals surface area (Å²) in [4.78, 5) is 0. The van der Waals surface area contributed by atoms with Gasteiger partial charge in [0, 0.05) is 29.1 Å². The summed E-state index contributed by atoms with van der Waals surface area (Å²) in [5, 5.41) is 3.54. The Morgan fingerprint density at radius 1 is 1.47 bits per heavy atom. The number of halogens is 1. The largest absolute Gasteiger partial charge is 0.485 e. The fourth-order valence-electron chi connectivity index (χ4n) is 2.57. The van der Waals surface area contributed by atoms with Gasteiger partial charge in [-0.25, -0.2) is 0 Å². The molecule has 0 fully saturated rings. The van der Waals surface area contributed by atoms with Gasteiger partial charge in [0.1, 0.15) is 11.4 Å². The number of ether oxygens (including phenoxy) is 2. The number of nitrogens with one attached hydrogen (secondary N) is 1. The van der Waals surface area contributed by atoms with Crippen LogP contribution in [-0.2, 0) is 4.74 Å². The zero-order chi connectivity index (χ0) is 13.9. The molecule has 106 valence electrons. The van der Waals surface area contributed by atoms with Crippen LogP contribution in [0.25, 0.3) is 0 Å². The summed E-state index contributed by atoms with van der Waals surface area (Å²) in [6.07, 6.45) is 0.921. The molecule has 0 aromatic heterocycles. The summed E-state index contributed by atoms with van der Waals surface area (Å²) in [6.45, 7) is 8.56. The fourth-order valence-corrected chi connectivity index (χ4v) is 2.95. The van der Waals surface area contributed by atoms with Crippen LogP contribution in [0.1, 0.15) is 38.8 Å². The minimum absolute atomic E-state index is 0.260. The molecule has 1 aliphatic heterocycles. The van der Waals surface area contributed by atoms with E-state index >= 15 is 0 Å². The highest BCUT2D eigenvalue weighted by molar-refractivity contribution is 9.10. The van der Waals surface area contributed by atoms with Crippen LogP contribution in [0.2, 0.25) is 0 Å². The van der Waals surface area contributed by atoms with Gasteiger partial charge in [-0.05, 0) is 38.6 Å². The highest BCUT2D eigenvalue weighted by Gasteiger charge is 2.37. The van der Waals surface area contributed by atoms with Crippen molar-refractivity contribution in [3.8, 4) is 5.75 Å². The predicted molar refractivity (Wildman–Crippen MR) is 80.7 cm³/mol. The number of rotatable bonds is 5. The molecule has 19 heavy (non-hydrogen) atoms. The topological polar surface area (TPSA) is 30.5 Å². The molecule has 0 aliphatic carbocycles. The van der Waals surface area contributed by atoms with E-state index in [1.807, 2.05) is 19.1 Å². The first-order valence-electron chi connectivity index (χ1n) is 6.87. The maximum atomic E-state index is 6.17. The first-order valence-corrected chi connectivity index (χ1v) is 7.67. The Morgan fingerprint density at radius 2 is 2.26 bits per heavy atom. The van der Waals surface area contributed by atoms with Gasteiger partial charge in [0.05, 0.1) is 6.61 Å². The number of hydrogen-bond donors (Lipinski definition) is 1. The lowest BCUT2D eigenvalue weighted by molar-refractivity contribution is -0.0331. The van der Waals surface area contributed by atoms with E-state index < -0.39 is 0 Å². The quantitative estimate of drug-likeness (QED) is 0.894. The van der Waals surface area contributed by atoms with Gasteiger partial charge in [-0.3, -0.25) is 0 Å². The minimum Gasteiger partial charge on any atom is -0.485 e. The molecule has 1 heterocycles. The van der Waals surface area contributed by atoms with Crippen molar-refractivity contribution in [2.24, 2.45) is 0 Å². The Bertz CT molecular complexity index is 438. The van der Waals surface area contributed by atoms with Crippen LogP contribution >= 0.6 is 15.9 Å². The Balaban J connectivity index is 2.27. The van der Waals surface area contributed by atoms with E-state index in [-0.39, 0.29) is 5.60 Å². The van der Waals surface area contributed by atoms with Gasteiger partial charge in [-0.1, -0.05) is 22.9 Å². The van der Waals surface area contributed by atoms with Gasteiger partial charge in [0.15, 0.2) is 0 Å². The van der Waals surface area contributed by atoms with E-state index in [0.717, 1.165) is 29.8 Å². The number of benzene rings is 1. The molecule has 0 radical (unpaired) electrons. The molecule has 3 nitrogen and oxygen atoms in total. The Morgan fingerprint density at radius 3 is 2.95 bits per heavy atom. The third-order valence-corrected chi connectivity index (χ3v) is 3.89. The summed E-state index contributed by atoms with van der Waals surface area (Å²) < 4.78 is 12.8. The van der Waals surface area contributed by atoms with E-state index in [1.165, 1.54) is 5.56 Å². The van der Waals surface area contributed by atoms with Crippen LogP contribution in [0.15, 0.2) is 22.7 Å². The van der Waals surface area contributed by atoms with Gasteiger partial charge in [0.2, 0.25) is 0 Å². The van der Waals surface area contributed by atoms with Crippen molar-refractivity contribution >= 4 is 15.9 Å². The van der Waals surface area contributed by atoms with Gasteiger partial charge in [-0.15, -0.1) is 0 Å². The van der Waals surface area contributed by atoms with Gasteiger partial charge in [-0.2, -0.15) is 0 Å². The lowest BCUT2D eigenvalue weighted by Gasteiger charge is -2.40. The van der Waals surface area contributed by atoms with Crippen molar-refractivity contribution in [1.82, 2.24) is 5.32 Å². The van der Waals surface area contributed by atoms with Crippen molar-refractivity contribution < 1.29 is 9.47 Å². The molecule has 1 aliphatic rings. The van der Waals surface area contributed by atoms with Crippen LogP contribution in [0.4, 0.5) is 0 Å².